The smallest absolute Gasteiger partial charge is 0.323 e. The highest BCUT2D eigenvalue weighted by Gasteiger charge is 2.08. The average molecular weight is 251 g/mol. The quantitative estimate of drug-likeness (QED) is 0.905. The summed E-state index contributed by atoms with van der Waals surface area (Å²) >= 11 is 6.05. The van der Waals surface area contributed by atoms with Crippen molar-refractivity contribution in [3.05, 3.63) is 53.1 Å². The number of carboxylic acids is 1. The summed E-state index contributed by atoms with van der Waals surface area (Å²) in [6, 6.07) is 7.46. The zero-order valence-corrected chi connectivity index (χ0v) is 9.76. The second kappa shape index (κ2) is 5.01. The lowest BCUT2D eigenvalue weighted by Gasteiger charge is -2.06. The van der Waals surface area contributed by atoms with Crippen molar-refractivity contribution in [1.29, 1.82) is 0 Å². The molecule has 4 nitrogen and oxygen atoms in total. The lowest BCUT2D eigenvalue weighted by molar-refractivity contribution is -0.137. The maximum Gasteiger partial charge on any atom is 0.323 e. The van der Waals surface area contributed by atoms with Gasteiger partial charge in [-0.3, -0.25) is 4.79 Å². The zero-order chi connectivity index (χ0) is 12.3. The van der Waals surface area contributed by atoms with E-state index in [-0.39, 0.29) is 6.54 Å². The topological polar surface area (TPSA) is 55.1 Å². The number of nitrogens with zero attached hydrogens (tertiary/aromatic N) is 2. The molecule has 2 rings (SSSR count). The van der Waals surface area contributed by atoms with Gasteiger partial charge < -0.3 is 9.67 Å². The highest BCUT2D eigenvalue weighted by atomic mass is 35.5. The van der Waals surface area contributed by atoms with Gasteiger partial charge in [-0.25, -0.2) is 4.98 Å². The van der Waals surface area contributed by atoms with Crippen molar-refractivity contribution in [2.45, 2.75) is 13.0 Å². The molecule has 1 aromatic carbocycles. The monoisotopic (exact) mass is 250 g/mol. The van der Waals surface area contributed by atoms with E-state index >= 15 is 0 Å². The molecule has 0 fully saturated rings. The fourth-order valence-electron chi connectivity index (χ4n) is 1.61. The Morgan fingerprint density at radius 2 is 2.18 bits per heavy atom. The summed E-state index contributed by atoms with van der Waals surface area (Å²) in [6.07, 6.45) is 3.77. The maximum atomic E-state index is 10.7. The Balaban J connectivity index is 2.22. The Bertz CT molecular complexity index is 537. The summed E-state index contributed by atoms with van der Waals surface area (Å²) in [7, 11) is 0. The Kier molecular flexibility index (Phi) is 3.44. The molecule has 17 heavy (non-hydrogen) atoms. The Morgan fingerprint density at radius 1 is 1.41 bits per heavy atom. The molecule has 0 saturated carbocycles. The van der Waals surface area contributed by atoms with Crippen LogP contribution in [0.1, 0.15) is 11.4 Å². The van der Waals surface area contributed by atoms with Gasteiger partial charge in [-0.05, 0) is 11.6 Å². The van der Waals surface area contributed by atoms with Crippen molar-refractivity contribution in [2.24, 2.45) is 0 Å². The molecule has 1 N–H and O–H groups in total. The van der Waals surface area contributed by atoms with Crippen LogP contribution in [0.15, 0.2) is 36.7 Å². The lowest BCUT2D eigenvalue weighted by atomic mass is 10.1. The molecule has 0 bridgehead atoms. The van der Waals surface area contributed by atoms with Crippen molar-refractivity contribution in [2.75, 3.05) is 0 Å². The number of carboxylic acid groups (broad SMARTS) is 1. The summed E-state index contributed by atoms with van der Waals surface area (Å²) in [5, 5.41) is 9.42. The van der Waals surface area contributed by atoms with Crippen LogP contribution in [0, 0.1) is 0 Å². The second-order valence-electron chi connectivity index (χ2n) is 3.63. The van der Waals surface area contributed by atoms with E-state index in [0.717, 1.165) is 5.56 Å². The number of benzene rings is 1. The molecule has 0 radical (unpaired) electrons. The zero-order valence-electron chi connectivity index (χ0n) is 9.01. The van der Waals surface area contributed by atoms with Crippen LogP contribution in [0.4, 0.5) is 0 Å². The highest BCUT2D eigenvalue weighted by Crippen LogP contribution is 2.18. The summed E-state index contributed by atoms with van der Waals surface area (Å²) in [5.74, 6) is -0.191. The molecular formula is C12H11ClN2O2. The van der Waals surface area contributed by atoms with Crippen LogP contribution in [0.2, 0.25) is 5.02 Å². The van der Waals surface area contributed by atoms with Crippen LogP contribution in [-0.4, -0.2) is 20.6 Å². The van der Waals surface area contributed by atoms with Crippen LogP contribution >= 0.6 is 11.6 Å². The third-order valence-electron chi connectivity index (χ3n) is 2.41. The molecule has 0 aliphatic rings. The molecule has 0 atom stereocenters. The van der Waals surface area contributed by atoms with Gasteiger partial charge in [-0.15, -0.1) is 0 Å². The summed E-state index contributed by atoms with van der Waals surface area (Å²) in [5.41, 5.74) is 0.937. The number of hydrogen-bond acceptors (Lipinski definition) is 2. The minimum Gasteiger partial charge on any atom is -0.480 e. The van der Waals surface area contributed by atoms with Gasteiger partial charge in [0.15, 0.2) is 0 Å². The number of aromatic nitrogens is 2. The molecule has 1 heterocycles. The first kappa shape index (κ1) is 11.7. The van der Waals surface area contributed by atoms with E-state index in [0.29, 0.717) is 17.3 Å². The molecule has 1 aromatic heterocycles. The van der Waals surface area contributed by atoms with Crippen LogP contribution in [-0.2, 0) is 17.8 Å². The number of rotatable bonds is 4. The standard InChI is InChI=1S/C12H11ClN2O2/c13-10-4-2-1-3-9(10)7-11-14-5-6-15(11)8-12(16)17/h1-6H,7-8H2,(H,16,17). The largest absolute Gasteiger partial charge is 0.480 e. The SMILES string of the molecule is O=C(O)Cn1ccnc1Cc1ccccc1Cl. The third kappa shape index (κ3) is 2.85. The molecule has 0 unspecified atom stereocenters. The fourth-order valence-corrected chi connectivity index (χ4v) is 1.81. The normalized spacial score (nSPS) is 10.4. The van der Waals surface area contributed by atoms with Crippen LogP contribution < -0.4 is 0 Å². The van der Waals surface area contributed by atoms with Crippen molar-refractivity contribution >= 4 is 17.6 Å². The number of carbonyl (C=O) groups is 1. The minimum atomic E-state index is -0.886. The van der Waals surface area contributed by atoms with E-state index < -0.39 is 5.97 Å². The van der Waals surface area contributed by atoms with E-state index in [4.69, 9.17) is 16.7 Å². The molecule has 5 heteroatoms. The maximum absolute atomic E-state index is 10.7. The number of aliphatic carboxylic acids is 1. The lowest BCUT2D eigenvalue weighted by Crippen LogP contribution is -2.11. The Labute approximate surface area is 103 Å². The molecule has 0 aliphatic heterocycles. The summed E-state index contributed by atoms with van der Waals surface area (Å²) in [4.78, 5) is 14.8. The van der Waals surface area contributed by atoms with E-state index in [2.05, 4.69) is 4.98 Å². The molecule has 0 saturated heterocycles. The first-order valence-corrected chi connectivity index (χ1v) is 5.50. The second-order valence-corrected chi connectivity index (χ2v) is 4.04. The summed E-state index contributed by atoms with van der Waals surface area (Å²) < 4.78 is 1.60. The molecule has 0 spiro atoms. The minimum absolute atomic E-state index is 0.0835. The fraction of sp³-hybridized carbons (Fsp3) is 0.167. The molecule has 2 aromatic rings. The van der Waals surface area contributed by atoms with Crippen LogP contribution in [0.3, 0.4) is 0 Å². The van der Waals surface area contributed by atoms with E-state index in [1.165, 1.54) is 0 Å². The number of halogens is 1. The molecule has 88 valence electrons. The van der Waals surface area contributed by atoms with Gasteiger partial charge >= 0.3 is 5.97 Å². The van der Waals surface area contributed by atoms with Crippen LogP contribution in [0.5, 0.6) is 0 Å². The Hall–Kier alpha value is -1.81. The van der Waals surface area contributed by atoms with Crippen LogP contribution in [0.25, 0.3) is 0 Å². The Morgan fingerprint density at radius 3 is 2.88 bits per heavy atom. The van der Waals surface area contributed by atoms with Gasteiger partial charge in [0, 0.05) is 23.8 Å². The first-order chi connectivity index (χ1) is 8.16. The van der Waals surface area contributed by atoms with Crippen molar-refractivity contribution in [1.82, 2.24) is 9.55 Å². The van der Waals surface area contributed by atoms with Crippen molar-refractivity contribution in [3.63, 3.8) is 0 Å². The van der Waals surface area contributed by atoms with Gasteiger partial charge in [0.05, 0.1) is 0 Å². The van der Waals surface area contributed by atoms with E-state index in [1.807, 2.05) is 18.2 Å². The first-order valence-electron chi connectivity index (χ1n) is 5.12. The predicted octanol–water partition coefficient (Wildman–Crippen LogP) is 2.21. The van der Waals surface area contributed by atoms with Gasteiger partial charge in [0.25, 0.3) is 0 Å². The highest BCUT2D eigenvalue weighted by molar-refractivity contribution is 6.31. The molecule has 0 amide bonds. The molecular weight excluding hydrogens is 240 g/mol. The van der Waals surface area contributed by atoms with Gasteiger partial charge in [-0.2, -0.15) is 0 Å². The van der Waals surface area contributed by atoms with E-state index in [1.54, 1.807) is 23.0 Å². The predicted molar refractivity (Wildman–Crippen MR) is 64.1 cm³/mol. The summed E-state index contributed by atoms with van der Waals surface area (Å²) in [6.45, 7) is -0.0835. The molecule has 0 aliphatic carbocycles. The van der Waals surface area contributed by atoms with Gasteiger partial charge in [-0.1, -0.05) is 29.8 Å². The number of imidazole rings is 1. The van der Waals surface area contributed by atoms with E-state index in [9.17, 15) is 4.79 Å². The van der Waals surface area contributed by atoms with Crippen molar-refractivity contribution in [3.8, 4) is 0 Å². The third-order valence-corrected chi connectivity index (χ3v) is 2.78. The number of hydrogen-bond donors (Lipinski definition) is 1. The van der Waals surface area contributed by atoms with Gasteiger partial charge in [0.2, 0.25) is 0 Å². The van der Waals surface area contributed by atoms with Gasteiger partial charge in [0.1, 0.15) is 12.4 Å². The average Bonchev–Trinajstić information content (AvgIpc) is 2.68. The van der Waals surface area contributed by atoms with Crippen molar-refractivity contribution < 1.29 is 9.90 Å².